The maximum atomic E-state index is 12.3. The molecule has 1 aliphatic rings. The number of hydrogen-bond acceptors (Lipinski definition) is 4. The summed E-state index contributed by atoms with van der Waals surface area (Å²) in [5.41, 5.74) is 1.28. The van der Waals surface area contributed by atoms with Crippen molar-refractivity contribution >= 4 is 23.3 Å². The Balaban J connectivity index is 1.88. The molecule has 108 valence electrons. The summed E-state index contributed by atoms with van der Waals surface area (Å²) in [6, 6.07) is 6.86. The van der Waals surface area contributed by atoms with Crippen LogP contribution >= 0.6 is 11.6 Å². The summed E-state index contributed by atoms with van der Waals surface area (Å²) in [6.07, 6.45) is 1.62. The zero-order valence-corrected chi connectivity index (χ0v) is 12.1. The van der Waals surface area contributed by atoms with E-state index in [0.29, 0.717) is 41.1 Å². The van der Waals surface area contributed by atoms with Gasteiger partial charge in [-0.2, -0.15) is 0 Å². The lowest BCUT2D eigenvalue weighted by Crippen LogP contribution is -2.18. The number of ether oxygens (including phenoxy) is 2. The second-order valence-corrected chi connectivity index (χ2v) is 5.01. The van der Waals surface area contributed by atoms with Crippen molar-refractivity contribution < 1.29 is 14.3 Å². The summed E-state index contributed by atoms with van der Waals surface area (Å²) >= 11 is 6.13. The molecule has 2 aromatic rings. The van der Waals surface area contributed by atoms with E-state index in [-0.39, 0.29) is 5.91 Å². The molecule has 1 aliphatic heterocycles. The number of nitrogens with zero attached hydrogens (tertiary/aromatic N) is 1. The summed E-state index contributed by atoms with van der Waals surface area (Å²) in [5, 5.41) is 3.11. The third kappa shape index (κ3) is 2.78. The van der Waals surface area contributed by atoms with Crippen LogP contribution in [-0.2, 0) is 0 Å². The first-order chi connectivity index (χ1) is 10.1. The number of amides is 1. The molecule has 0 spiro atoms. The van der Waals surface area contributed by atoms with Crippen molar-refractivity contribution in [3.63, 3.8) is 0 Å². The third-order valence-electron chi connectivity index (χ3n) is 3.10. The van der Waals surface area contributed by atoms with Gasteiger partial charge in [0.1, 0.15) is 19.0 Å². The van der Waals surface area contributed by atoms with Crippen molar-refractivity contribution in [2.75, 3.05) is 18.5 Å². The zero-order valence-electron chi connectivity index (χ0n) is 11.4. The summed E-state index contributed by atoms with van der Waals surface area (Å²) in [5.74, 6) is 1.19. The highest BCUT2D eigenvalue weighted by Gasteiger charge is 2.19. The summed E-state index contributed by atoms with van der Waals surface area (Å²) in [4.78, 5) is 16.4. The number of fused-ring (bicyclic) bond motifs is 1. The minimum absolute atomic E-state index is 0.296. The van der Waals surface area contributed by atoms with Gasteiger partial charge in [0, 0.05) is 11.8 Å². The fourth-order valence-corrected chi connectivity index (χ4v) is 2.30. The standard InChI is InChI=1S/C15H13ClN2O3/c1-9-3-2-4-17-14(9)18-15(19)10-7-11(16)13-12(8-10)20-5-6-21-13/h2-4,7-8H,5-6H2,1H3,(H,17,18,19). The number of pyridine rings is 1. The largest absolute Gasteiger partial charge is 0.486 e. The number of benzene rings is 1. The molecular formula is C15H13ClN2O3. The van der Waals surface area contributed by atoms with Gasteiger partial charge < -0.3 is 14.8 Å². The predicted octanol–water partition coefficient (Wildman–Crippen LogP) is 3.07. The molecule has 3 rings (SSSR count). The molecule has 0 saturated carbocycles. The number of hydrogen-bond donors (Lipinski definition) is 1. The van der Waals surface area contributed by atoms with Crippen molar-refractivity contribution in [1.82, 2.24) is 4.98 Å². The van der Waals surface area contributed by atoms with Crippen LogP contribution in [0, 0.1) is 6.92 Å². The molecule has 0 aliphatic carbocycles. The lowest BCUT2D eigenvalue weighted by Gasteiger charge is -2.20. The average molecular weight is 305 g/mol. The Hall–Kier alpha value is -2.27. The van der Waals surface area contributed by atoms with Gasteiger partial charge in [-0.25, -0.2) is 4.98 Å². The fraction of sp³-hybridized carbons (Fsp3) is 0.200. The molecule has 1 N–H and O–H groups in total. The van der Waals surface area contributed by atoms with E-state index in [0.717, 1.165) is 5.56 Å². The predicted molar refractivity (Wildman–Crippen MR) is 79.4 cm³/mol. The third-order valence-corrected chi connectivity index (χ3v) is 3.38. The van der Waals surface area contributed by atoms with Crippen LogP contribution in [0.3, 0.4) is 0 Å². The number of halogens is 1. The van der Waals surface area contributed by atoms with Gasteiger partial charge in [0.15, 0.2) is 11.5 Å². The van der Waals surface area contributed by atoms with Gasteiger partial charge in [0.2, 0.25) is 0 Å². The number of aryl methyl sites for hydroxylation is 1. The van der Waals surface area contributed by atoms with E-state index < -0.39 is 0 Å². The Bertz CT molecular complexity index is 703. The Morgan fingerprint density at radius 3 is 2.95 bits per heavy atom. The van der Waals surface area contributed by atoms with Crippen molar-refractivity contribution in [2.24, 2.45) is 0 Å². The van der Waals surface area contributed by atoms with E-state index in [1.165, 1.54) is 0 Å². The number of anilines is 1. The molecule has 0 unspecified atom stereocenters. The minimum atomic E-state index is -0.296. The topological polar surface area (TPSA) is 60.5 Å². The molecule has 1 amide bonds. The monoisotopic (exact) mass is 304 g/mol. The quantitative estimate of drug-likeness (QED) is 0.926. The molecule has 2 heterocycles. The lowest BCUT2D eigenvalue weighted by molar-refractivity contribution is 0.102. The van der Waals surface area contributed by atoms with E-state index in [9.17, 15) is 4.79 Å². The van der Waals surface area contributed by atoms with Gasteiger partial charge in [0.25, 0.3) is 5.91 Å². The average Bonchev–Trinajstić information content (AvgIpc) is 2.49. The first-order valence-electron chi connectivity index (χ1n) is 6.47. The lowest BCUT2D eigenvalue weighted by atomic mass is 10.1. The SMILES string of the molecule is Cc1cccnc1NC(=O)c1cc(Cl)c2c(c1)OCCO2. The van der Waals surface area contributed by atoms with E-state index in [1.54, 1.807) is 18.3 Å². The highest BCUT2D eigenvalue weighted by molar-refractivity contribution is 6.32. The van der Waals surface area contributed by atoms with Crippen molar-refractivity contribution in [3.8, 4) is 11.5 Å². The molecular weight excluding hydrogens is 292 g/mol. The number of nitrogens with one attached hydrogen (secondary N) is 1. The molecule has 0 saturated heterocycles. The van der Waals surface area contributed by atoms with Gasteiger partial charge >= 0.3 is 0 Å². The maximum absolute atomic E-state index is 12.3. The van der Waals surface area contributed by atoms with E-state index in [1.807, 2.05) is 19.1 Å². The summed E-state index contributed by atoms with van der Waals surface area (Å²) < 4.78 is 10.9. The van der Waals surface area contributed by atoms with Crippen molar-refractivity contribution in [2.45, 2.75) is 6.92 Å². The van der Waals surface area contributed by atoms with Gasteiger partial charge in [-0.15, -0.1) is 0 Å². The zero-order chi connectivity index (χ0) is 14.8. The van der Waals surface area contributed by atoms with Crippen LogP contribution in [-0.4, -0.2) is 24.1 Å². The van der Waals surface area contributed by atoms with Crippen LogP contribution in [0.4, 0.5) is 5.82 Å². The number of aromatic nitrogens is 1. The molecule has 0 fully saturated rings. The maximum Gasteiger partial charge on any atom is 0.257 e. The van der Waals surface area contributed by atoms with Crippen molar-refractivity contribution in [3.05, 3.63) is 46.6 Å². The Morgan fingerprint density at radius 2 is 2.14 bits per heavy atom. The fourth-order valence-electron chi connectivity index (χ4n) is 2.04. The first kappa shape index (κ1) is 13.7. The first-order valence-corrected chi connectivity index (χ1v) is 6.85. The second-order valence-electron chi connectivity index (χ2n) is 4.61. The highest BCUT2D eigenvalue weighted by Crippen LogP contribution is 2.38. The number of carbonyl (C=O) groups excluding carboxylic acids is 1. The van der Waals surface area contributed by atoms with E-state index in [4.69, 9.17) is 21.1 Å². The molecule has 0 bridgehead atoms. The molecule has 5 nitrogen and oxygen atoms in total. The van der Waals surface area contributed by atoms with Crippen LogP contribution in [0.2, 0.25) is 5.02 Å². The number of rotatable bonds is 2. The van der Waals surface area contributed by atoms with Crippen LogP contribution < -0.4 is 14.8 Å². The molecule has 0 atom stereocenters. The second kappa shape index (κ2) is 5.61. The summed E-state index contributed by atoms with van der Waals surface area (Å²) in [7, 11) is 0. The van der Waals surface area contributed by atoms with Gasteiger partial charge in [-0.3, -0.25) is 4.79 Å². The minimum Gasteiger partial charge on any atom is -0.486 e. The van der Waals surface area contributed by atoms with Crippen LogP contribution in [0.1, 0.15) is 15.9 Å². The Labute approximate surface area is 126 Å². The molecule has 21 heavy (non-hydrogen) atoms. The smallest absolute Gasteiger partial charge is 0.257 e. The van der Waals surface area contributed by atoms with Crippen LogP contribution in [0.5, 0.6) is 11.5 Å². The van der Waals surface area contributed by atoms with Crippen molar-refractivity contribution in [1.29, 1.82) is 0 Å². The molecule has 0 radical (unpaired) electrons. The van der Waals surface area contributed by atoms with Gasteiger partial charge in [0.05, 0.1) is 5.02 Å². The van der Waals surface area contributed by atoms with Gasteiger partial charge in [-0.05, 0) is 30.7 Å². The molecule has 6 heteroatoms. The number of carbonyl (C=O) groups is 1. The Kier molecular flexibility index (Phi) is 3.66. The van der Waals surface area contributed by atoms with E-state index >= 15 is 0 Å². The normalized spacial score (nSPS) is 12.9. The molecule has 1 aromatic heterocycles. The molecule has 1 aromatic carbocycles. The summed E-state index contributed by atoms with van der Waals surface area (Å²) in [6.45, 7) is 2.76. The van der Waals surface area contributed by atoms with E-state index in [2.05, 4.69) is 10.3 Å². The highest BCUT2D eigenvalue weighted by atomic mass is 35.5. The van der Waals surface area contributed by atoms with Gasteiger partial charge in [-0.1, -0.05) is 17.7 Å². The van der Waals surface area contributed by atoms with Crippen LogP contribution in [0.25, 0.3) is 0 Å². The van der Waals surface area contributed by atoms with Crippen LogP contribution in [0.15, 0.2) is 30.5 Å². The Morgan fingerprint density at radius 1 is 1.33 bits per heavy atom.